The molecule has 3 aromatic carbocycles. The summed E-state index contributed by atoms with van der Waals surface area (Å²) in [6.45, 7) is 6.30. The molecule has 0 unspecified atom stereocenters. The first-order chi connectivity index (χ1) is 24.7. The number of benzene rings is 3. The lowest BCUT2D eigenvalue weighted by molar-refractivity contribution is 0.173. The fraction of sp³-hybridized carbons (Fsp3) is 0.405. The molecule has 1 saturated heterocycles. The first-order valence-electron chi connectivity index (χ1n) is 18.4. The number of methoxy groups -OCH3 is 1. The lowest BCUT2D eigenvalue weighted by Crippen LogP contribution is -2.44. The largest absolute Gasteiger partial charge is 0.508 e. The zero-order chi connectivity index (χ0) is 35.3. The molecule has 1 atom stereocenters. The van der Waals surface area contributed by atoms with E-state index in [4.69, 9.17) is 9.15 Å². The van der Waals surface area contributed by atoms with Crippen molar-refractivity contribution >= 4 is 16.8 Å². The standard InChI is InChI=1S/C42H47N3O6/c1-41(15-6-18-42(41)16-3-4-17-42)34-24-31(40(44-34)45-21-19-43-20-22-45)28-8-5-7-26(23-28)9-14-30-36(48)39(50-2)37(49)35-32(47)25-33(51-38(30)35)27-10-12-29(46)13-11-27/h5,7-8,10-13,23-25,43-44,46,48-49H,3-4,6,9,14-22H2,1-2H3/t41-/m1/s1. The van der Waals surface area contributed by atoms with Gasteiger partial charge in [0.15, 0.2) is 16.9 Å². The van der Waals surface area contributed by atoms with E-state index in [1.807, 2.05) is 0 Å². The Bertz CT molecular complexity index is 2130. The number of piperazine rings is 1. The van der Waals surface area contributed by atoms with Crippen LogP contribution in [0.1, 0.15) is 68.7 Å². The highest BCUT2D eigenvalue weighted by molar-refractivity contribution is 5.92. The van der Waals surface area contributed by atoms with Crippen LogP contribution in [-0.2, 0) is 18.3 Å². The zero-order valence-electron chi connectivity index (χ0n) is 29.5. The quantitative estimate of drug-likeness (QED) is 0.112. The minimum atomic E-state index is -0.461. The lowest BCUT2D eigenvalue weighted by atomic mass is 9.64. The number of nitrogens with zero attached hydrogens (tertiary/aromatic N) is 1. The molecule has 2 aromatic heterocycles. The first kappa shape index (κ1) is 33.3. The number of hydrogen-bond acceptors (Lipinski definition) is 8. The van der Waals surface area contributed by atoms with Crippen molar-refractivity contribution in [2.75, 3.05) is 38.2 Å². The summed E-state index contributed by atoms with van der Waals surface area (Å²) in [7, 11) is 1.35. The van der Waals surface area contributed by atoms with E-state index in [1.165, 1.54) is 87.3 Å². The van der Waals surface area contributed by atoms with E-state index < -0.39 is 11.2 Å². The summed E-state index contributed by atoms with van der Waals surface area (Å²) >= 11 is 0. The van der Waals surface area contributed by atoms with Crippen LogP contribution in [0.25, 0.3) is 33.4 Å². The number of anilines is 1. The van der Waals surface area contributed by atoms with Crippen LogP contribution in [0.5, 0.6) is 23.0 Å². The van der Waals surface area contributed by atoms with E-state index in [0.717, 1.165) is 37.3 Å². The van der Waals surface area contributed by atoms with Crippen molar-refractivity contribution in [3.63, 3.8) is 0 Å². The van der Waals surface area contributed by atoms with Gasteiger partial charge in [0.1, 0.15) is 28.3 Å². The second-order valence-corrected chi connectivity index (χ2v) is 15.0. The van der Waals surface area contributed by atoms with Crippen LogP contribution in [0, 0.1) is 5.41 Å². The number of nitrogens with one attached hydrogen (secondary N) is 2. The maximum Gasteiger partial charge on any atom is 0.204 e. The van der Waals surface area contributed by atoms with E-state index in [-0.39, 0.29) is 39.4 Å². The second-order valence-electron chi connectivity index (χ2n) is 15.0. The molecule has 2 saturated carbocycles. The molecule has 266 valence electrons. The van der Waals surface area contributed by atoms with Crippen molar-refractivity contribution in [1.29, 1.82) is 0 Å². The summed E-state index contributed by atoms with van der Waals surface area (Å²) in [5.41, 5.74) is 5.91. The van der Waals surface area contributed by atoms with Gasteiger partial charge in [-0.15, -0.1) is 0 Å². The summed E-state index contributed by atoms with van der Waals surface area (Å²) in [6.07, 6.45) is 9.97. The van der Waals surface area contributed by atoms with E-state index in [0.29, 0.717) is 29.4 Å². The minimum absolute atomic E-state index is 0.0445. The summed E-state index contributed by atoms with van der Waals surface area (Å²) < 4.78 is 11.6. The van der Waals surface area contributed by atoms with Crippen LogP contribution < -0.4 is 20.4 Å². The molecule has 3 aliphatic rings. The van der Waals surface area contributed by atoms with Crippen molar-refractivity contribution in [2.24, 2.45) is 5.41 Å². The monoisotopic (exact) mass is 689 g/mol. The molecule has 1 aliphatic heterocycles. The summed E-state index contributed by atoms with van der Waals surface area (Å²) in [5.74, 6) is 0.676. The third-order valence-corrected chi connectivity index (χ3v) is 12.3. The molecule has 0 bridgehead atoms. The van der Waals surface area contributed by atoms with Gasteiger partial charge in [-0.3, -0.25) is 4.79 Å². The smallest absolute Gasteiger partial charge is 0.204 e. The minimum Gasteiger partial charge on any atom is -0.508 e. The number of phenolic OH excluding ortho intramolecular Hbond substituents is 3. The number of hydrogen-bond donors (Lipinski definition) is 5. The molecule has 51 heavy (non-hydrogen) atoms. The summed E-state index contributed by atoms with van der Waals surface area (Å²) in [6, 6.07) is 18.7. The molecule has 3 fully saturated rings. The van der Waals surface area contributed by atoms with Crippen molar-refractivity contribution in [2.45, 2.75) is 70.1 Å². The Kier molecular flexibility index (Phi) is 8.49. The zero-order valence-corrected chi connectivity index (χ0v) is 29.5. The molecule has 1 spiro atoms. The number of rotatable bonds is 8. The fourth-order valence-electron chi connectivity index (χ4n) is 9.45. The third kappa shape index (κ3) is 5.62. The van der Waals surface area contributed by atoms with Gasteiger partial charge in [0.2, 0.25) is 5.75 Å². The molecular weight excluding hydrogens is 642 g/mol. The fourth-order valence-corrected chi connectivity index (χ4v) is 9.45. The van der Waals surface area contributed by atoms with Gasteiger partial charge in [-0.05, 0) is 85.4 Å². The average Bonchev–Trinajstić information content (AvgIpc) is 3.89. The molecule has 2 aliphatic carbocycles. The van der Waals surface area contributed by atoms with E-state index >= 15 is 0 Å². The molecule has 3 heterocycles. The van der Waals surface area contributed by atoms with E-state index in [2.05, 4.69) is 52.5 Å². The number of fused-ring (bicyclic) bond motifs is 1. The van der Waals surface area contributed by atoms with Crippen LogP contribution in [0.2, 0.25) is 0 Å². The van der Waals surface area contributed by atoms with Crippen LogP contribution in [-0.4, -0.2) is 53.6 Å². The first-order valence-corrected chi connectivity index (χ1v) is 18.4. The number of aryl methyl sites for hydroxylation is 2. The Hall–Kier alpha value is -4.89. The van der Waals surface area contributed by atoms with Gasteiger partial charge < -0.3 is 39.7 Å². The number of phenols is 3. The maximum absolute atomic E-state index is 13.4. The molecule has 9 heteroatoms. The number of H-pyrrole nitrogens is 1. The summed E-state index contributed by atoms with van der Waals surface area (Å²) in [4.78, 5) is 19.9. The topological polar surface area (TPSA) is 131 Å². The Morgan fingerprint density at radius 3 is 2.35 bits per heavy atom. The van der Waals surface area contributed by atoms with Crippen LogP contribution >= 0.6 is 0 Å². The van der Waals surface area contributed by atoms with Gasteiger partial charge in [-0.1, -0.05) is 50.5 Å². The van der Waals surface area contributed by atoms with Crippen LogP contribution in [0.4, 0.5) is 5.82 Å². The average molecular weight is 690 g/mol. The molecule has 5 aromatic rings. The Balaban J connectivity index is 1.17. The van der Waals surface area contributed by atoms with Gasteiger partial charge in [0.05, 0.1) is 7.11 Å². The SMILES string of the molecule is COc1c(O)c(CCc2cccc(-c3cc([C@@]4(C)CCCC45CCCC5)[nH]c3N3CCNCC3)c2)c2oc(-c3ccc(O)cc3)cc(=O)c2c1O. The lowest BCUT2D eigenvalue weighted by Gasteiger charge is -2.41. The molecule has 0 radical (unpaired) electrons. The second kappa shape index (κ2) is 13.0. The van der Waals surface area contributed by atoms with Crippen LogP contribution in [0.15, 0.2) is 69.9 Å². The normalized spacial score (nSPS) is 20.1. The Morgan fingerprint density at radius 2 is 1.61 bits per heavy atom. The highest BCUT2D eigenvalue weighted by atomic mass is 16.5. The number of aromatic amines is 1. The molecule has 0 amide bonds. The van der Waals surface area contributed by atoms with Gasteiger partial charge in [0, 0.05) is 60.0 Å². The highest BCUT2D eigenvalue weighted by Crippen LogP contribution is 2.62. The molecule has 9 nitrogen and oxygen atoms in total. The van der Waals surface area contributed by atoms with Gasteiger partial charge in [-0.25, -0.2) is 0 Å². The molecule has 8 rings (SSSR count). The van der Waals surface area contributed by atoms with Crippen molar-refractivity contribution in [3.05, 3.63) is 87.7 Å². The molecule has 5 N–H and O–H groups in total. The van der Waals surface area contributed by atoms with Crippen molar-refractivity contribution < 1.29 is 24.5 Å². The number of aromatic nitrogens is 1. The summed E-state index contributed by atoms with van der Waals surface area (Å²) in [5, 5.41) is 35.6. The predicted molar refractivity (Wildman–Crippen MR) is 200 cm³/mol. The third-order valence-electron chi connectivity index (χ3n) is 12.3. The molecular formula is C42H47N3O6. The van der Waals surface area contributed by atoms with E-state index in [9.17, 15) is 20.1 Å². The number of ether oxygens (including phenoxy) is 1. The van der Waals surface area contributed by atoms with Crippen LogP contribution in [0.3, 0.4) is 0 Å². The Morgan fingerprint density at radius 1 is 0.863 bits per heavy atom. The Labute approximate surface area is 297 Å². The maximum atomic E-state index is 13.4. The van der Waals surface area contributed by atoms with E-state index in [1.54, 1.807) is 12.1 Å². The predicted octanol–water partition coefficient (Wildman–Crippen LogP) is 7.78. The van der Waals surface area contributed by atoms with Gasteiger partial charge in [-0.2, -0.15) is 0 Å². The van der Waals surface area contributed by atoms with Gasteiger partial charge in [0.25, 0.3) is 0 Å². The van der Waals surface area contributed by atoms with Crippen molar-refractivity contribution in [1.82, 2.24) is 10.3 Å². The van der Waals surface area contributed by atoms with Gasteiger partial charge >= 0.3 is 0 Å². The van der Waals surface area contributed by atoms with Crippen molar-refractivity contribution in [3.8, 4) is 45.4 Å². The number of aromatic hydroxyl groups is 3. The highest BCUT2D eigenvalue weighted by Gasteiger charge is 2.54.